The summed E-state index contributed by atoms with van der Waals surface area (Å²) in [6, 6.07) is 1.68. The van der Waals surface area contributed by atoms with Gasteiger partial charge in [-0.25, -0.2) is 0 Å². The van der Waals surface area contributed by atoms with Crippen LogP contribution in [0.25, 0.3) is 0 Å². The maximum atomic E-state index is 12.0. The predicted octanol–water partition coefficient (Wildman–Crippen LogP) is 1.55. The van der Waals surface area contributed by atoms with E-state index in [1.165, 1.54) is 11.5 Å². The molecule has 98 valence electrons. The summed E-state index contributed by atoms with van der Waals surface area (Å²) in [5.41, 5.74) is 7.46. The number of hydrogen-bond donors (Lipinski definition) is 2. The van der Waals surface area contributed by atoms with Crippen molar-refractivity contribution >= 4 is 35.1 Å². The predicted molar refractivity (Wildman–Crippen MR) is 79.3 cm³/mol. The Balaban J connectivity index is 1.92. The Hall–Kier alpha value is -0.880. The molecule has 2 heterocycles. The van der Waals surface area contributed by atoms with Crippen LogP contribution in [-0.2, 0) is 0 Å². The van der Waals surface area contributed by atoms with Crippen LogP contribution in [0.3, 0.4) is 0 Å². The minimum absolute atomic E-state index is 0.0801. The number of nitrogens with two attached hydrogens (primary N) is 1. The second-order valence-corrected chi connectivity index (χ2v) is 6.74. The van der Waals surface area contributed by atoms with Gasteiger partial charge in [-0.3, -0.25) is 9.78 Å². The van der Waals surface area contributed by atoms with Crippen molar-refractivity contribution in [3.05, 3.63) is 23.5 Å². The summed E-state index contributed by atoms with van der Waals surface area (Å²) in [6.07, 6.45) is 1.57. The van der Waals surface area contributed by atoms with Crippen molar-refractivity contribution in [3.8, 4) is 0 Å². The quantitative estimate of drug-likeness (QED) is 0.881. The van der Waals surface area contributed by atoms with Crippen LogP contribution in [0.2, 0.25) is 0 Å². The van der Waals surface area contributed by atoms with Crippen LogP contribution < -0.4 is 11.1 Å². The lowest BCUT2D eigenvalue weighted by atomic mass is 10.2. The number of carbonyl (C=O) groups excluding carboxylic acids is 1. The monoisotopic (exact) mass is 283 g/mol. The van der Waals surface area contributed by atoms with E-state index < -0.39 is 0 Å². The number of nitrogen functional groups attached to an aromatic ring is 1. The van der Waals surface area contributed by atoms with Crippen molar-refractivity contribution in [2.75, 3.05) is 29.5 Å². The molecule has 0 radical (unpaired) electrons. The normalized spacial score (nSPS) is 19.5. The summed E-state index contributed by atoms with van der Waals surface area (Å²) in [6.45, 7) is 2.53. The lowest BCUT2D eigenvalue weighted by Crippen LogP contribution is -2.33. The third-order valence-electron chi connectivity index (χ3n) is 2.73. The van der Waals surface area contributed by atoms with Gasteiger partial charge in [0.1, 0.15) is 0 Å². The number of rotatable bonds is 3. The first-order chi connectivity index (χ1) is 8.66. The highest BCUT2D eigenvalue weighted by Gasteiger charge is 2.16. The van der Waals surface area contributed by atoms with Gasteiger partial charge in [-0.1, -0.05) is 0 Å². The molecule has 1 aromatic rings. The Kier molecular flexibility index (Phi) is 4.77. The first-order valence-electron chi connectivity index (χ1n) is 5.86. The van der Waals surface area contributed by atoms with E-state index in [4.69, 9.17) is 5.73 Å². The summed E-state index contributed by atoms with van der Waals surface area (Å²) < 4.78 is 0. The van der Waals surface area contributed by atoms with Gasteiger partial charge in [-0.05, 0) is 13.0 Å². The Morgan fingerprint density at radius 1 is 1.61 bits per heavy atom. The van der Waals surface area contributed by atoms with E-state index in [2.05, 4.69) is 10.3 Å². The number of nitrogens with one attached hydrogen (secondary N) is 1. The Labute approximate surface area is 115 Å². The highest BCUT2D eigenvalue weighted by Crippen LogP contribution is 2.23. The second kappa shape index (κ2) is 6.33. The molecule has 1 amide bonds. The molecule has 1 fully saturated rings. The molecule has 1 aromatic heterocycles. The number of amides is 1. The molecule has 1 saturated heterocycles. The SMILES string of the molecule is Cc1ncc(N)cc1C(=O)NCC1CSCCS1. The molecule has 0 aliphatic carbocycles. The van der Waals surface area contributed by atoms with Crippen LogP contribution >= 0.6 is 23.5 Å². The topological polar surface area (TPSA) is 68.0 Å². The third kappa shape index (κ3) is 3.55. The highest BCUT2D eigenvalue weighted by atomic mass is 32.2. The first-order valence-corrected chi connectivity index (χ1v) is 8.07. The fourth-order valence-corrected chi connectivity index (χ4v) is 4.35. The maximum Gasteiger partial charge on any atom is 0.253 e. The lowest BCUT2D eigenvalue weighted by molar-refractivity contribution is 0.0953. The van der Waals surface area contributed by atoms with Crippen LogP contribution in [-0.4, -0.2) is 39.9 Å². The lowest BCUT2D eigenvalue weighted by Gasteiger charge is -2.21. The average Bonchev–Trinajstić information content (AvgIpc) is 2.40. The zero-order valence-corrected chi connectivity index (χ0v) is 11.9. The van der Waals surface area contributed by atoms with Crippen LogP contribution in [0.1, 0.15) is 16.1 Å². The molecule has 6 heteroatoms. The van der Waals surface area contributed by atoms with Crippen LogP contribution in [0.4, 0.5) is 5.69 Å². The van der Waals surface area contributed by atoms with Crippen molar-refractivity contribution in [2.24, 2.45) is 0 Å². The first kappa shape index (κ1) is 13.5. The van der Waals surface area contributed by atoms with Crippen molar-refractivity contribution in [2.45, 2.75) is 12.2 Å². The van der Waals surface area contributed by atoms with E-state index in [1.54, 1.807) is 12.3 Å². The molecule has 1 unspecified atom stereocenters. The van der Waals surface area contributed by atoms with Crippen molar-refractivity contribution < 1.29 is 4.79 Å². The zero-order chi connectivity index (χ0) is 13.0. The van der Waals surface area contributed by atoms with E-state index >= 15 is 0 Å². The van der Waals surface area contributed by atoms with Gasteiger partial charge in [0.15, 0.2) is 0 Å². The van der Waals surface area contributed by atoms with Gasteiger partial charge >= 0.3 is 0 Å². The molecule has 3 N–H and O–H groups in total. The number of anilines is 1. The van der Waals surface area contributed by atoms with Crippen LogP contribution in [0, 0.1) is 6.92 Å². The number of aromatic nitrogens is 1. The van der Waals surface area contributed by atoms with Gasteiger partial charge in [0, 0.05) is 29.1 Å². The molecule has 18 heavy (non-hydrogen) atoms. The molecular weight excluding hydrogens is 266 g/mol. The van der Waals surface area contributed by atoms with Crippen molar-refractivity contribution in [3.63, 3.8) is 0 Å². The molecule has 0 spiro atoms. The summed E-state index contributed by atoms with van der Waals surface area (Å²) in [5.74, 6) is 3.42. The Morgan fingerprint density at radius 2 is 2.44 bits per heavy atom. The smallest absolute Gasteiger partial charge is 0.253 e. The van der Waals surface area contributed by atoms with Gasteiger partial charge in [0.2, 0.25) is 0 Å². The summed E-state index contributed by atoms with van der Waals surface area (Å²) in [4.78, 5) is 16.1. The molecule has 0 saturated carbocycles. The van der Waals surface area contributed by atoms with Crippen LogP contribution in [0.15, 0.2) is 12.3 Å². The minimum Gasteiger partial charge on any atom is -0.397 e. The van der Waals surface area contributed by atoms with Gasteiger partial charge in [0.05, 0.1) is 23.1 Å². The highest BCUT2D eigenvalue weighted by molar-refractivity contribution is 8.06. The summed E-state index contributed by atoms with van der Waals surface area (Å²) in [5, 5.41) is 3.48. The Bertz CT molecular complexity index is 433. The molecule has 1 aliphatic rings. The number of thioether (sulfide) groups is 2. The molecule has 0 aromatic carbocycles. The maximum absolute atomic E-state index is 12.0. The van der Waals surface area contributed by atoms with Gasteiger partial charge in [-0.15, -0.1) is 0 Å². The van der Waals surface area contributed by atoms with E-state index in [-0.39, 0.29) is 5.91 Å². The van der Waals surface area contributed by atoms with Crippen LogP contribution in [0.5, 0.6) is 0 Å². The van der Waals surface area contributed by atoms with E-state index in [9.17, 15) is 4.79 Å². The second-order valence-electron chi connectivity index (χ2n) is 4.18. The number of carbonyl (C=O) groups is 1. The third-order valence-corrected chi connectivity index (χ3v) is 5.57. The fourth-order valence-electron chi connectivity index (χ4n) is 1.74. The van der Waals surface area contributed by atoms with Gasteiger partial charge in [0.25, 0.3) is 5.91 Å². The fraction of sp³-hybridized carbons (Fsp3) is 0.500. The number of pyridine rings is 1. The van der Waals surface area contributed by atoms with E-state index in [0.717, 1.165) is 5.75 Å². The van der Waals surface area contributed by atoms with Crippen molar-refractivity contribution in [1.29, 1.82) is 0 Å². The molecular formula is C12H17N3OS2. The van der Waals surface area contributed by atoms with E-state index in [1.807, 2.05) is 30.4 Å². The summed E-state index contributed by atoms with van der Waals surface area (Å²) >= 11 is 3.88. The zero-order valence-electron chi connectivity index (χ0n) is 10.3. The Morgan fingerprint density at radius 3 is 3.17 bits per heavy atom. The summed E-state index contributed by atoms with van der Waals surface area (Å²) in [7, 11) is 0. The number of hydrogen-bond acceptors (Lipinski definition) is 5. The molecule has 4 nitrogen and oxygen atoms in total. The average molecular weight is 283 g/mol. The largest absolute Gasteiger partial charge is 0.397 e. The molecule has 0 bridgehead atoms. The number of nitrogens with zero attached hydrogens (tertiary/aromatic N) is 1. The number of aryl methyl sites for hydroxylation is 1. The molecule has 2 rings (SSSR count). The molecule has 1 aliphatic heterocycles. The van der Waals surface area contributed by atoms with Gasteiger partial charge < -0.3 is 11.1 Å². The van der Waals surface area contributed by atoms with Crippen molar-refractivity contribution in [1.82, 2.24) is 10.3 Å². The molecule has 1 atom stereocenters. The van der Waals surface area contributed by atoms with Gasteiger partial charge in [-0.2, -0.15) is 23.5 Å². The standard InChI is InChI=1S/C12H17N3OS2/c1-8-11(4-9(13)5-14-8)12(16)15-6-10-7-17-2-3-18-10/h4-5,10H,2-3,6-7,13H2,1H3,(H,15,16). The minimum atomic E-state index is -0.0801. The van der Waals surface area contributed by atoms with E-state index in [0.29, 0.717) is 28.7 Å².